The molecule has 4 nitrogen and oxygen atoms in total. The predicted molar refractivity (Wildman–Crippen MR) is 121 cm³/mol. The fourth-order valence-corrected chi connectivity index (χ4v) is 4.09. The SMILES string of the molecule is CC[C@H](C(=O)NC(C)C)N(Cc1cccc(C)c1)C(=O)CCSc1ccccc1. The third-order valence-corrected chi connectivity index (χ3v) is 5.59. The smallest absolute Gasteiger partial charge is 0.243 e. The van der Waals surface area contributed by atoms with Crippen LogP contribution in [0.15, 0.2) is 59.5 Å². The molecule has 0 saturated carbocycles. The Bertz CT molecular complexity index is 792. The zero-order valence-electron chi connectivity index (χ0n) is 17.9. The number of hydrogen-bond acceptors (Lipinski definition) is 3. The molecule has 0 bridgehead atoms. The van der Waals surface area contributed by atoms with Gasteiger partial charge in [-0.25, -0.2) is 0 Å². The zero-order valence-corrected chi connectivity index (χ0v) is 18.7. The molecule has 0 aromatic heterocycles. The number of rotatable bonds is 10. The van der Waals surface area contributed by atoms with Crippen LogP contribution in [0.2, 0.25) is 0 Å². The quantitative estimate of drug-likeness (QED) is 0.570. The lowest BCUT2D eigenvalue weighted by atomic mass is 10.1. The summed E-state index contributed by atoms with van der Waals surface area (Å²) in [5.41, 5.74) is 2.19. The molecule has 0 aliphatic heterocycles. The number of amides is 2. The molecule has 0 spiro atoms. The van der Waals surface area contributed by atoms with E-state index in [2.05, 4.69) is 11.4 Å². The van der Waals surface area contributed by atoms with E-state index < -0.39 is 6.04 Å². The Hall–Kier alpha value is -2.27. The summed E-state index contributed by atoms with van der Waals surface area (Å²) in [6.45, 7) is 8.32. The molecule has 2 aromatic carbocycles. The predicted octanol–water partition coefficient (Wildman–Crippen LogP) is 4.81. The van der Waals surface area contributed by atoms with Crippen molar-refractivity contribution in [2.45, 2.75) is 64.1 Å². The maximum Gasteiger partial charge on any atom is 0.243 e. The molecule has 0 heterocycles. The molecule has 1 N–H and O–H groups in total. The van der Waals surface area contributed by atoms with Gasteiger partial charge in [-0.1, -0.05) is 55.0 Å². The molecule has 156 valence electrons. The minimum atomic E-state index is -0.466. The van der Waals surface area contributed by atoms with E-state index >= 15 is 0 Å². The van der Waals surface area contributed by atoms with Crippen molar-refractivity contribution in [3.05, 3.63) is 65.7 Å². The summed E-state index contributed by atoms with van der Waals surface area (Å²) >= 11 is 1.67. The topological polar surface area (TPSA) is 49.4 Å². The average molecular weight is 413 g/mol. The van der Waals surface area contributed by atoms with Gasteiger partial charge in [-0.15, -0.1) is 11.8 Å². The van der Waals surface area contributed by atoms with E-state index in [4.69, 9.17) is 0 Å². The van der Waals surface area contributed by atoms with Gasteiger partial charge in [-0.2, -0.15) is 0 Å². The standard InChI is InChI=1S/C24H32N2O2S/c1-5-22(24(28)25-18(2)3)26(17-20-11-9-10-19(4)16-20)23(27)14-15-29-21-12-7-6-8-13-21/h6-13,16,18,22H,5,14-15,17H2,1-4H3,(H,25,28)/t22-/m1/s1. The second-order valence-electron chi connectivity index (χ2n) is 7.51. The van der Waals surface area contributed by atoms with Gasteiger partial charge in [0.15, 0.2) is 0 Å². The van der Waals surface area contributed by atoms with Crippen LogP contribution in [0, 0.1) is 6.92 Å². The lowest BCUT2D eigenvalue weighted by Crippen LogP contribution is -2.50. The van der Waals surface area contributed by atoms with Gasteiger partial charge >= 0.3 is 0 Å². The highest BCUT2D eigenvalue weighted by atomic mass is 32.2. The van der Waals surface area contributed by atoms with E-state index in [-0.39, 0.29) is 17.9 Å². The van der Waals surface area contributed by atoms with Crippen molar-refractivity contribution in [3.8, 4) is 0 Å². The van der Waals surface area contributed by atoms with Gasteiger partial charge in [0.05, 0.1) is 0 Å². The van der Waals surface area contributed by atoms with Crippen molar-refractivity contribution in [1.29, 1.82) is 0 Å². The van der Waals surface area contributed by atoms with Crippen LogP contribution in [0.5, 0.6) is 0 Å². The number of nitrogens with zero attached hydrogens (tertiary/aromatic N) is 1. The molecule has 0 aliphatic carbocycles. The van der Waals surface area contributed by atoms with Gasteiger partial charge in [0.25, 0.3) is 0 Å². The molecule has 2 aromatic rings. The molecule has 0 unspecified atom stereocenters. The Morgan fingerprint density at radius 1 is 1.07 bits per heavy atom. The molecule has 1 atom stereocenters. The van der Waals surface area contributed by atoms with Crippen molar-refractivity contribution >= 4 is 23.6 Å². The van der Waals surface area contributed by atoms with Crippen molar-refractivity contribution in [1.82, 2.24) is 10.2 Å². The summed E-state index contributed by atoms with van der Waals surface area (Å²) in [5.74, 6) is 0.620. The Labute approximate surface area is 179 Å². The molecular weight excluding hydrogens is 380 g/mol. The molecule has 2 rings (SSSR count). The summed E-state index contributed by atoms with van der Waals surface area (Å²) in [6.07, 6.45) is 0.985. The van der Waals surface area contributed by atoms with Crippen LogP contribution in [0.25, 0.3) is 0 Å². The van der Waals surface area contributed by atoms with Gasteiger partial charge in [0.2, 0.25) is 11.8 Å². The third kappa shape index (κ3) is 7.58. The van der Waals surface area contributed by atoms with E-state index in [0.29, 0.717) is 25.1 Å². The van der Waals surface area contributed by atoms with Gasteiger partial charge in [0.1, 0.15) is 6.04 Å². The van der Waals surface area contributed by atoms with E-state index in [1.165, 1.54) is 0 Å². The highest BCUT2D eigenvalue weighted by molar-refractivity contribution is 7.99. The zero-order chi connectivity index (χ0) is 21.2. The molecule has 0 aliphatic rings. The highest BCUT2D eigenvalue weighted by Gasteiger charge is 2.28. The van der Waals surface area contributed by atoms with Gasteiger partial charge < -0.3 is 10.2 Å². The first kappa shape index (κ1) is 23.0. The Morgan fingerprint density at radius 3 is 2.41 bits per heavy atom. The van der Waals surface area contributed by atoms with Crippen molar-refractivity contribution in [2.24, 2.45) is 0 Å². The van der Waals surface area contributed by atoms with Crippen LogP contribution in [0.1, 0.15) is 44.7 Å². The van der Waals surface area contributed by atoms with Crippen molar-refractivity contribution in [2.75, 3.05) is 5.75 Å². The molecule has 0 fully saturated rings. The van der Waals surface area contributed by atoms with Crippen LogP contribution in [0.3, 0.4) is 0 Å². The second-order valence-corrected chi connectivity index (χ2v) is 8.68. The largest absolute Gasteiger partial charge is 0.352 e. The number of thioether (sulfide) groups is 1. The minimum absolute atomic E-state index is 0.0145. The van der Waals surface area contributed by atoms with Crippen LogP contribution < -0.4 is 5.32 Å². The normalized spacial score (nSPS) is 11.9. The van der Waals surface area contributed by atoms with E-state index in [9.17, 15) is 9.59 Å². The minimum Gasteiger partial charge on any atom is -0.352 e. The third-order valence-electron chi connectivity index (χ3n) is 4.58. The van der Waals surface area contributed by atoms with E-state index in [1.807, 2.05) is 76.2 Å². The monoisotopic (exact) mass is 412 g/mol. The molecular formula is C24H32N2O2S. The number of hydrogen-bond donors (Lipinski definition) is 1. The first-order valence-electron chi connectivity index (χ1n) is 10.2. The number of benzene rings is 2. The number of carbonyl (C=O) groups is 2. The maximum atomic E-state index is 13.1. The van der Waals surface area contributed by atoms with Gasteiger partial charge in [-0.05, 0) is 44.9 Å². The summed E-state index contributed by atoms with van der Waals surface area (Å²) in [5, 5.41) is 2.97. The molecule has 5 heteroatoms. The first-order chi connectivity index (χ1) is 13.9. The van der Waals surface area contributed by atoms with Crippen molar-refractivity contribution < 1.29 is 9.59 Å². The maximum absolute atomic E-state index is 13.1. The lowest BCUT2D eigenvalue weighted by Gasteiger charge is -2.31. The fraction of sp³-hybridized carbons (Fsp3) is 0.417. The average Bonchev–Trinajstić information content (AvgIpc) is 2.68. The summed E-state index contributed by atoms with van der Waals surface area (Å²) < 4.78 is 0. The molecule has 29 heavy (non-hydrogen) atoms. The molecule has 0 radical (unpaired) electrons. The van der Waals surface area contributed by atoms with E-state index in [0.717, 1.165) is 16.0 Å². The lowest BCUT2D eigenvalue weighted by molar-refractivity contribution is -0.141. The van der Waals surface area contributed by atoms with Crippen LogP contribution in [0.4, 0.5) is 0 Å². The summed E-state index contributed by atoms with van der Waals surface area (Å²) in [7, 11) is 0. The number of aryl methyl sites for hydroxylation is 1. The van der Waals surface area contributed by atoms with Crippen LogP contribution in [-0.4, -0.2) is 34.6 Å². The van der Waals surface area contributed by atoms with Gasteiger partial charge in [-0.3, -0.25) is 9.59 Å². The molecule has 2 amide bonds. The van der Waals surface area contributed by atoms with E-state index in [1.54, 1.807) is 16.7 Å². The Balaban J connectivity index is 2.13. The van der Waals surface area contributed by atoms with Gasteiger partial charge in [0, 0.05) is 29.7 Å². The Morgan fingerprint density at radius 2 is 1.79 bits per heavy atom. The van der Waals surface area contributed by atoms with Crippen LogP contribution >= 0.6 is 11.8 Å². The fourth-order valence-electron chi connectivity index (χ4n) is 3.22. The summed E-state index contributed by atoms with van der Waals surface area (Å²) in [6, 6.07) is 17.8. The van der Waals surface area contributed by atoms with Crippen LogP contribution in [-0.2, 0) is 16.1 Å². The number of carbonyl (C=O) groups excluding carboxylic acids is 2. The summed E-state index contributed by atoms with van der Waals surface area (Å²) in [4.78, 5) is 28.8. The van der Waals surface area contributed by atoms with Crippen molar-refractivity contribution in [3.63, 3.8) is 0 Å². The highest BCUT2D eigenvalue weighted by Crippen LogP contribution is 2.20. The Kier molecular flexibility index (Phi) is 9.26. The second kappa shape index (κ2) is 11.7. The number of nitrogens with one attached hydrogen (secondary N) is 1. The molecule has 0 saturated heterocycles. The first-order valence-corrected chi connectivity index (χ1v) is 11.2.